The number of nitrogens with one attached hydrogen (secondary N) is 1. The van der Waals surface area contributed by atoms with Crippen molar-refractivity contribution in [2.75, 3.05) is 20.1 Å². The van der Waals surface area contributed by atoms with Gasteiger partial charge in [-0.25, -0.2) is 0 Å². The van der Waals surface area contributed by atoms with Crippen LogP contribution in [-0.2, 0) is 11.3 Å². The van der Waals surface area contributed by atoms with Crippen molar-refractivity contribution in [2.45, 2.75) is 45.7 Å². The van der Waals surface area contributed by atoms with E-state index >= 15 is 0 Å². The first kappa shape index (κ1) is 16.4. The lowest BCUT2D eigenvalue weighted by Crippen LogP contribution is -2.47. The van der Waals surface area contributed by atoms with E-state index in [4.69, 9.17) is 0 Å². The molecule has 0 bridgehead atoms. The number of aromatic nitrogens is 2. The van der Waals surface area contributed by atoms with Crippen LogP contribution in [0.15, 0.2) is 0 Å². The summed E-state index contributed by atoms with van der Waals surface area (Å²) in [5, 5.41) is 18.4. The minimum atomic E-state index is -0.419. The third-order valence-electron chi connectivity index (χ3n) is 4.25. The van der Waals surface area contributed by atoms with Gasteiger partial charge < -0.3 is 10.2 Å². The van der Waals surface area contributed by atoms with E-state index < -0.39 is 4.92 Å². The normalized spacial score (nSPS) is 18.5. The number of amides is 1. The smallest absolute Gasteiger partial charge is 0.312 e. The molecule has 1 atom stereocenters. The van der Waals surface area contributed by atoms with Crippen molar-refractivity contribution >= 4 is 11.6 Å². The van der Waals surface area contributed by atoms with E-state index in [9.17, 15) is 14.9 Å². The first-order chi connectivity index (χ1) is 10.4. The highest BCUT2D eigenvalue weighted by Gasteiger charge is 2.24. The van der Waals surface area contributed by atoms with Gasteiger partial charge in [0.2, 0.25) is 5.91 Å². The molecule has 22 heavy (non-hydrogen) atoms. The molecule has 0 spiro atoms. The summed E-state index contributed by atoms with van der Waals surface area (Å²) in [6, 6.07) is 0.354. The summed E-state index contributed by atoms with van der Waals surface area (Å²) in [4.78, 5) is 24.7. The average Bonchev–Trinajstić information content (AvgIpc) is 2.79. The zero-order chi connectivity index (χ0) is 16.3. The van der Waals surface area contributed by atoms with Crippen LogP contribution in [0.3, 0.4) is 0 Å². The first-order valence-corrected chi connectivity index (χ1v) is 7.57. The van der Waals surface area contributed by atoms with Crippen LogP contribution in [0.5, 0.6) is 0 Å². The second-order valence-electron chi connectivity index (χ2n) is 5.72. The van der Waals surface area contributed by atoms with Crippen molar-refractivity contribution in [1.29, 1.82) is 0 Å². The Morgan fingerprint density at radius 3 is 2.82 bits per heavy atom. The molecule has 0 aromatic carbocycles. The second kappa shape index (κ2) is 6.87. The minimum Gasteiger partial charge on any atom is -0.341 e. The summed E-state index contributed by atoms with van der Waals surface area (Å²) in [7, 11) is 1.91. The highest BCUT2D eigenvalue weighted by atomic mass is 16.6. The van der Waals surface area contributed by atoms with Crippen LogP contribution in [0.2, 0.25) is 0 Å². The summed E-state index contributed by atoms with van der Waals surface area (Å²) >= 11 is 0. The molecular formula is C14H23N5O3. The molecule has 122 valence electrons. The Morgan fingerprint density at radius 2 is 2.23 bits per heavy atom. The van der Waals surface area contributed by atoms with Crippen molar-refractivity contribution in [3.63, 3.8) is 0 Å². The SMILES string of the molecule is CNC1CCCN(C(=O)CCn2nc(C)c([N+](=O)[O-])c2C)C1. The first-order valence-electron chi connectivity index (χ1n) is 7.57. The van der Waals surface area contributed by atoms with Gasteiger partial charge in [-0.1, -0.05) is 0 Å². The van der Waals surface area contributed by atoms with E-state index in [1.807, 2.05) is 11.9 Å². The van der Waals surface area contributed by atoms with Crippen LogP contribution in [0, 0.1) is 24.0 Å². The topological polar surface area (TPSA) is 93.3 Å². The molecule has 0 aliphatic carbocycles. The summed E-state index contributed by atoms with van der Waals surface area (Å²) in [5.41, 5.74) is 0.936. The van der Waals surface area contributed by atoms with Crippen molar-refractivity contribution in [2.24, 2.45) is 0 Å². The van der Waals surface area contributed by atoms with Gasteiger partial charge in [0.05, 0.1) is 11.5 Å². The summed E-state index contributed by atoms with van der Waals surface area (Å²) in [6.45, 7) is 5.17. The third kappa shape index (κ3) is 3.44. The van der Waals surface area contributed by atoms with Gasteiger partial charge in [0.25, 0.3) is 0 Å². The number of likely N-dealkylation sites (N-methyl/N-ethyl adjacent to an activating group) is 1. The predicted molar refractivity (Wildman–Crippen MR) is 81.6 cm³/mol. The molecule has 1 aromatic rings. The van der Waals surface area contributed by atoms with Crippen LogP contribution in [0.1, 0.15) is 30.7 Å². The van der Waals surface area contributed by atoms with Gasteiger partial charge in [0, 0.05) is 25.6 Å². The molecule has 1 aliphatic heterocycles. The average molecular weight is 309 g/mol. The maximum absolute atomic E-state index is 12.3. The fourth-order valence-corrected chi connectivity index (χ4v) is 2.97. The molecule has 8 nitrogen and oxygen atoms in total. The van der Waals surface area contributed by atoms with Crippen LogP contribution < -0.4 is 5.32 Å². The highest BCUT2D eigenvalue weighted by Crippen LogP contribution is 2.22. The fraction of sp³-hybridized carbons (Fsp3) is 0.714. The number of carbonyl (C=O) groups is 1. The molecule has 1 saturated heterocycles. The second-order valence-corrected chi connectivity index (χ2v) is 5.72. The van der Waals surface area contributed by atoms with E-state index in [1.165, 1.54) is 0 Å². The van der Waals surface area contributed by atoms with Crippen molar-refractivity contribution in [1.82, 2.24) is 20.0 Å². The van der Waals surface area contributed by atoms with Gasteiger partial charge in [0.1, 0.15) is 11.4 Å². The molecule has 1 unspecified atom stereocenters. The van der Waals surface area contributed by atoms with Gasteiger partial charge in [0.15, 0.2) is 0 Å². The Kier molecular flexibility index (Phi) is 5.12. The van der Waals surface area contributed by atoms with E-state index in [-0.39, 0.29) is 11.6 Å². The van der Waals surface area contributed by atoms with Gasteiger partial charge >= 0.3 is 5.69 Å². The van der Waals surface area contributed by atoms with Gasteiger partial charge in [-0.3, -0.25) is 19.6 Å². The summed E-state index contributed by atoms with van der Waals surface area (Å²) in [6.07, 6.45) is 2.40. The number of hydrogen-bond donors (Lipinski definition) is 1. The third-order valence-corrected chi connectivity index (χ3v) is 4.25. The minimum absolute atomic E-state index is 0.0423. The predicted octanol–water partition coefficient (Wildman–Crippen LogP) is 1.01. The summed E-state index contributed by atoms with van der Waals surface area (Å²) in [5.74, 6) is 0.0788. The molecule has 1 amide bonds. The molecule has 0 saturated carbocycles. The molecule has 2 rings (SSSR count). The fourth-order valence-electron chi connectivity index (χ4n) is 2.97. The Hall–Kier alpha value is -1.96. The highest BCUT2D eigenvalue weighted by molar-refractivity contribution is 5.76. The maximum Gasteiger partial charge on any atom is 0.312 e. The number of carbonyl (C=O) groups excluding carboxylic acids is 1. The van der Waals surface area contributed by atoms with Crippen LogP contribution in [0.25, 0.3) is 0 Å². The lowest BCUT2D eigenvalue weighted by Gasteiger charge is -2.32. The maximum atomic E-state index is 12.3. The van der Waals surface area contributed by atoms with Crippen LogP contribution in [-0.4, -0.2) is 51.7 Å². The zero-order valence-corrected chi connectivity index (χ0v) is 13.3. The quantitative estimate of drug-likeness (QED) is 0.647. The molecule has 1 aromatic heterocycles. The molecule has 2 heterocycles. The zero-order valence-electron chi connectivity index (χ0n) is 13.3. The molecule has 8 heteroatoms. The number of aryl methyl sites for hydroxylation is 2. The Morgan fingerprint density at radius 1 is 1.50 bits per heavy atom. The molecule has 1 aliphatic rings. The van der Waals surface area contributed by atoms with E-state index in [0.717, 1.165) is 25.9 Å². The van der Waals surface area contributed by atoms with Crippen molar-refractivity contribution < 1.29 is 9.72 Å². The molecule has 1 N–H and O–H groups in total. The number of hydrogen-bond acceptors (Lipinski definition) is 5. The number of likely N-dealkylation sites (tertiary alicyclic amines) is 1. The lowest BCUT2D eigenvalue weighted by molar-refractivity contribution is -0.386. The largest absolute Gasteiger partial charge is 0.341 e. The lowest BCUT2D eigenvalue weighted by atomic mass is 10.1. The van der Waals surface area contributed by atoms with E-state index in [0.29, 0.717) is 30.4 Å². The van der Waals surface area contributed by atoms with E-state index in [1.54, 1.807) is 18.5 Å². The Balaban J connectivity index is 1.97. The van der Waals surface area contributed by atoms with Crippen LogP contribution >= 0.6 is 0 Å². The van der Waals surface area contributed by atoms with Crippen LogP contribution in [0.4, 0.5) is 5.69 Å². The van der Waals surface area contributed by atoms with Crippen molar-refractivity contribution in [3.05, 3.63) is 21.5 Å². The Labute approximate surface area is 129 Å². The molecule has 1 fully saturated rings. The number of rotatable bonds is 5. The standard InChI is InChI=1S/C14H23N5O3/c1-10-14(19(21)22)11(2)18(16-10)8-6-13(20)17-7-4-5-12(9-17)15-3/h12,15H,4-9H2,1-3H3. The van der Waals surface area contributed by atoms with Gasteiger partial charge in [-0.2, -0.15) is 5.10 Å². The summed E-state index contributed by atoms with van der Waals surface area (Å²) < 4.78 is 1.56. The monoisotopic (exact) mass is 309 g/mol. The molecule has 0 radical (unpaired) electrons. The van der Waals surface area contributed by atoms with Gasteiger partial charge in [-0.05, 0) is 33.7 Å². The number of piperidine rings is 1. The Bertz CT molecular complexity index is 569. The van der Waals surface area contributed by atoms with Crippen molar-refractivity contribution in [3.8, 4) is 0 Å². The van der Waals surface area contributed by atoms with E-state index in [2.05, 4.69) is 10.4 Å². The number of nitro groups is 1. The molecular weight excluding hydrogens is 286 g/mol. The number of nitrogens with zero attached hydrogens (tertiary/aromatic N) is 4. The van der Waals surface area contributed by atoms with Gasteiger partial charge in [-0.15, -0.1) is 0 Å².